The Bertz CT molecular complexity index is 3000. The van der Waals surface area contributed by atoms with Crippen LogP contribution in [-0.4, -0.2) is 338 Å². The molecule has 0 aromatic heterocycles. The van der Waals surface area contributed by atoms with Gasteiger partial charge in [0.2, 0.25) is 0 Å². The first-order valence-electron chi connectivity index (χ1n) is 37.3. The molecule has 6 aliphatic heterocycles. The van der Waals surface area contributed by atoms with Crippen molar-refractivity contribution in [1.82, 2.24) is 0 Å². The predicted octanol–water partition coefficient (Wildman–Crippen LogP) is -1.27. The van der Waals surface area contributed by atoms with Gasteiger partial charge in [0.25, 0.3) is 0 Å². The van der Waals surface area contributed by atoms with Crippen LogP contribution in [0.5, 0.6) is 0 Å². The van der Waals surface area contributed by atoms with Crippen molar-refractivity contribution in [1.29, 1.82) is 0 Å². The summed E-state index contributed by atoms with van der Waals surface area (Å²) in [6, 6.07) is 0. The first kappa shape index (κ1) is 94.0. The van der Waals surface area contributed by atoms with Gasteiger partial charge in [0.15, 0.2) is 43.8 Å². The molecule has 0 bridgehead atoms. The molecule has 0 amide bonds. The van der Waals surface area contributed by atoms with Crippen LogP contribution in [0.25, 0.3) is 0 Å². The second-order valence-electron chi connectivity index (χ2n) is 30.0. The van der Waals surface area contributed by atoms with Gasteiger partial charge in [0.05, 0.1) is 62.5 Å². The van der Waals surface area contributed by atoms with Crippen molar-refractivity contribution in [3.63, 3.8) is 0 Å². The summed E-state index contributed by atoms with van der Waals surface area (Å²) in [5, 5.41) is 202. The molecule has 6 heterocycles. The normalized spacial score (nSPS) is 39.8. The van der Waals surface area contributed by atoms with Crippen LogP contribution in [0.1, 0.15) is 140 Å². The van der Waals surface area contributed by atoms with E-state index in [0.29, 0.717) is 64.2 Å². The van der Waals surface area contributed by atoms with Crippen LogP contribution in [0, 0.1) is 0 Å². The van der Waals surface area contributed by atoms with E-state index in [1.165, 1.54) is 32.9 Å². The van der Waals surface area contributed by atoms with Gasteiger partial charge in [0.1, 0.15) is 128 Å². The van der Waals surface area contributed by atoms with E-state index in [2.05, 4.69) is 19.2 Å². The minimum Gasteiger partial charge on any atom is -0.451 e. The average Bonchev–Trinajstić information content (AvgIpc) is 0.785. The van der Waals surface area contributed by atoms with Gasteiger partial charge in [-0.25, -0.2) is 4.79 Å². The van der Waals surface area contributed by atoms with E-state index in [1.54, 1.807) is 26.8 Å². The van der Waals surface area contributed by atoms with Crippen molar-refractivity contribution in [2.45, 2.75) is 341 Å². The molecule has 0 radical (unpaired) electrons. The Balaban J connectivity index is 1.02. The fourth-order valence-electron chi connectivity index (χ4n) is 13.3. The molecule has 6 saturated heterocycles. The molecule has 6 fully saturated rings. The number of allylic oxidation sites excluding steroid dienone is 8. The first-order valence-corrected chi connectivity index (χ1v) is 37.3. The smallest absolute Gasteiger partial charge is 0.334 e. The molecule has 0 saturated carbocycles. The standard InChI is InChI=1S/C76H124O33/c1-13-75(11,108-72-63(94)57(88)53(84)47(33-78)102-72)28-18-26-39(5)22-16-24-40(6)30-45(80)31-42(8)68(96)105-66-58(89)51(82)44(10)100-73(66)106-65-49(36-98-69-61(92)55(86)50(81)43(9)99-69)104-70(64(95)60(65)91)97-35-41(7)25-17-23-37(3)20-15-21-38(4)27-19-29-76(12,14-2)109-74-67(59(90)54(85)48(34-79)103-74)107-71-62(93)56(87)52(83)46(32-77)101-71/h13-14,20,24-27,31,43-67,69-74,77-95H,1-2,15-19,21-23,28-30,32-36H2,3-12H3. The molecule has 0 aromatic rings. The molecule has 626 valence electrons. The molecule has 0 spiro atoms. The van der Waals surface area contributed by atoms with E-state index in [4.69, 9.17) is 61.6 Å². The summed E-state index contributed by atoms with van der Waals surface area (Å²) in [6.45, 7) is 22.2. The zero-order valence-corrected chi connectivity index (χ0v) is 64.0. The van der Waals surface area contributed by atoms with Gasteiger partial charge in [-0.3, -0.25) is 0 Å². The van der Waals surface area contributed by atoms with Crippen LogP contribution >= 0.6 is 0 Å². The van der Waals surface area contributed by atoms with Crippen molar-refractivity contribution in [2.24, 2.45) is 0 Å². The summed E-state index contributed by atoms with van der Waals surface area (Å²) in [5.74, 6) is -1.05. The van der Waals surface area contributed by atoms with Gasteiger partial charge >= 0.3 is 5.97 Å². The molecule has 0 aliphatic carbocycles. The van der Waals surface area contributed by atoms with Gasteiger partial charge in [-0.2, -0.15) is 0 Å². The van der Waals surface area contributed by atoms with Crippen LogP contribution in [0.3, 0.4) is 0 Å². The topological polar surface area (TPSA) is 521 Å². The Morgan fingerprint density at radius 3 is 1.31 bits per heavy atom. The van der Waals surface area contributed by atoms with Crippen LogP contribution in [-0.2, 0) is 66.4 Å². The third-order valence-electron chi connectivity index (χ3n) is 20.8. The summed E-state index contributed by atoms with van der Waals surface area (Å²) in [5.41, 5.74) is 2.48. The Hall–Kier alpha value is -3.85. The van der Waals surface area contributed by atoms with Gasteiger partial charge < -0.3 is 159 Å². The lowest BCUT2D eigenvalue weighted by molar-refractivity contribution is -0.375. The number of hydrogen-bond donors (Lipinski definition) is 19. The van der Waals surface area contributed by atoms with Crippen molar-refractivity contribution in [3.8, 4) is 0 Å². The second kappa shape index (κ2) is 43.8. The highest BCUT2D eigenvalue weighted by Crippen LogP contribution is 2.37. The van der Waals surface area contributed by atoms with E-state index >= 15 is 0 Å². The van der Waals surface area contributed by atoms with E-state index in [-0.39, 0.29) is 18.6 Å². The van der Waals surface area contributed by atoms with E-state index in [1.807, 2.05) is 52.0 Å². The molecular weight excluding hydrogens is 1440 g/mol. The van der Waals surface area contributed by atoms with Crippen LogP contribution in [0.2, 0.25) is 0 Å². The van der Waals surface area contributed by atoms with Crippen molar-refractivity contribution < 1.29 is 163 Å². The monoisotopic (exact) mass is 1560 g/mol. The third kappa shape index (κ3) is 26.1. The Kier molecular flexibility index (Phi) is 37.7. The quantitative estimate of drug-likeness (QED) is 0.0194. The van der Waals surface area contributed by atoms with E-state index in [0.717, 1.165) is 27.9 Å². The molecule has 33 nitrogen and oxygen atoms in total. The van der Waals surface area contributed by atoms with Crippen molar-refractivity contribution in [3.05, 3.63) is 95.2 Å². The zero-order valence-electron chi connectivity index (χ0n) is 64.0. The molecular formula is C76H124O33. The fraction of sp³-hybridized carbons (Fsp3) is 0.776. The van der Waals surface area contributed by atoms with Gasteiger partial charge in [-0.15, -0.1) is 13.2 Å². The van der Waals surface area contributed by atoms with Gasteiger partial charge in [0, 0.05) is 5.57 Å². The number of esters is 1. The van der Waals surface area contributed by atoms with Gasteiger partial charge in [-0.1, -0.05) is 70.4 Å². The summed E-state index contributed by atoms with van der Waals surface area (Å²) >= 11 is 0. The number of carbonyl (C=O) groups excluding carboxylic acids is 1. The maximum atomic E-state index is 13.8. The largest absolute Gasteiger partial charge is 0.451 e. The molecule has 6 aliphatic rings. The number of ether oxygens (including phenoxy) is 13. The molecule has 19 N–H and O–H groups in total. The van der Waals surface area contributed by atoms with Crippen LogP contribution in [0.15, 0.2) is 95.2 Å². The average molecular weight is 1570 g/mol. The number of hydrogen-bond acceptors (Lipinski definition) is 33. The zero-order chi connectivity index (χ0) is 81.1. The molecule has 6 rings (SSSR count). The van der Waals surface area contributed by atoms with Crippen LogP contribution in [0.4, 0.5) is 0 Å². The molecule has 33 unspecified atom stereocenters. The predicted molar refractivity (Wildman–Crippen MR) is 385 cm³/mol. The summed E-state index contributed by atoms with van der Waals surface area (Å²) in [4.78, 5) is 13.8. The van der Waals surface area contributed by atoms with Crippen LogP contribution < -0.4 is 0 Å². The lowest BCUT2D eigenvalue weighted by atomic mass is 9.95. The summed E-state index contributed by atoms with van der Waals surface area (Å²) in [6.07, 6.45) is -28.3. The summed E-state index contributed by atoms with van der Waals surface area (Å²) < 4.78 is 76.7. The minimum atomic E-state index is -1.89. The second-order valence-corrected chi connectivity index (χ2v) is 30.0. The summed E-state index contributed by atoms with van der Waals surface area (Å²) in [7, 11) is 0. The Labute approximate surface area is 636 Å². The van der Waals surface area contributed by atoms with Crippen molar-refractivity contribution in [2.75, 3.05) is 33.0 Å². The highest BCUT2D eigenvalue weighted by atomic mass is 16.8. The lowest BCUT2D eigenvalue weighted by Crippen LogP contribution is -2.65. The maximum Gasteiger partial charge on any atom is 0.334 e. The molecule has 0 aromatic carbocycles. The first-order chi connectivity index (χ1) is 51.3. The fourth-order valence-corrected chi connectivity index (χ4v) is 13.3. The lowest BCUT2D eigenvalue weighted by Gasteiger charge is -2.47. The maximum absolute atomic E-state index is 13.8. The minimum absolute atomic E-state index is 0.0943. The molecule has 109 heavy (non-hydrogen) atoms. The van der Waals surface area contributed by atoms with E-state index in [9.17, 15) is 102 Å². The number of rotatable bonds is 39. The number of aliphatic hydroxyl groups excluding tert-OH is 19. The SMILES string of the molecule is C=CC(C)(CCC=C(C)CCC=C(C)CC(O)C=C(C)C(=O)OC1C(OC2C(COC3OC(C)C(O)C(O)C3O)OC(OCC(C)=CCCC(C)=CCCC(C)=CCCC(C)(C=C)OC3OC(CO)C(O)C(O)C3OC3OC(CO)C(O)C(O)C3O)C(O)C2O)OC(C)C(O)C1O)OC1OC(CO)C(O)C(O)C1O. The third-order valence-corrected chi connectivity index (χ3v) is 20.8. The van der Waals surface area contributed by atoms with Gasteiger partial charge in [-0.05, 0) is 146 Å². The van der Waals surface area contributed by atoms with Crippen molar-refractivity contribution >= 4 is 5.97 Å². The Morgan fingerprint density at radius 1 is 0.413 bits per heavy atom. The highest BCUT2D eigenvalue weighted by molar-refractivity contribution is 5.88. The molecule has 33 heteroatoms. The van der Waals surface area contributed by atoms with E-state index < -0.39 is 234 Å². The number of carbonyl (C=O) groups is 1. The molecule has 33 atom stereocenters. The number of aliphatic hydroxyl groups is 19. The highest BCUT2D eigenvalue weighted by Gasteiger charge is 2.55. The Morgan fingerprint density at radius 2 is 0.789 bits per heavy atom.